The Balaban J connectivity index is 1.77. The Bertz CT molecular complexity index is 1140. The SMILES string of the molecule is CCCC(O)CCCCCCCCCC(=O)OC1C(OC2C(O)OC(COC(C)=O)C(O)C2O)OC(C)C(OC(C)=O)C1OC1OC(C)C(O)C(O)C1O. The second kappa shape index (κ2) is 22.6. The zero-order chi connectivity index (χ0) is 40.1. The number of ether oxygens (including phenoxy) is 8. The Morgan fingerprint density at radius 1 is 0.611 bits per heavy atom. The van der Waals surface area contributed by atoms with Crippen LogP contribution in [0.1, 0.15) is 105 Å². The van der Waals surface area contributed by atoms with E-state index in [2.05, 4.69) is 0 Å². The van der Waals surface area contributed by atoms with E-state index < -0.39 is 117 Å². The third-order valence-electron chi connectivity index (χ3n) is 9.84. The molecule has 0 aromatic rings. The summed E-state index contributed by atoms with van der Waals surface area (Å²) in [6.45, 7) is 6.71. The van der Waals surface area contributed by atoms with Crippen molar-refractivity contribution in [1.82, 2.24) is 0 Å². The van der Waals surface area contributed by atoms with Crippen molar-refractivity contribution < 1.29 is 88.0 Å². The van der Waals surface area contributed by atoms with Gasteiger partial charge in [-0.2, -0.15) is 0 Å². The highest BCUT2D eigenvalue weighted by molar-refractivity contribution is 5.69. The third kappa shape index (κ3) is 13.5. The van der Waals surface area contributed by atoms with Crippen molar-refractivity contribution in [2.24, 2.45) is 0 Å². The second-order valence-corrected chi connectivity index (χ2v) is 14.4. The van der Waals surface area contributed by atoms with E-state index in [9.17, 15) is 50.1 Å². The first kappa shape index (κ1) is 46.3. The van der Waals surface area contributed by atoms with Crippen LogP contribution < -0.4 is 0 Å². The van der Waals surface area contributed by atoms with Gasteiger partial charge in [-0.25, -0.2) is 0 Å². The largest absolute Gasteiger partial charge is 0.463 e. The Kier molecular flexibility index (Phi) is 19.4. The molecule has 3 aliphatic heterocycles. The molecule has 7 N–H and O–H groups in total. The summed E-state index contributed by atoms with van der Waals surface area (Å²) in [6.07, 6.45) is -15.2. The quantitative estimate of drug-likeness (QED) is 0.0481. The van der Waals surface area contributed by atoms with Crippen molar-refractivity contribution in [3.05, 3.63) is 0 Å². The van der Waals surface area contributed by atoms with E-state index in [-0.39, 0.29) is 12.5 Å². The summed E-state index contributed by atoms with van der Waals surface area (Å²) < 4.78 is 45.2. The maximum atomic E-state index is 13.4. The monoisotopic (exact) mass is 782 g/mol. The fourth-order valence-corrected chi connectivity index (χ4v) is 6.78. The van der Waals surface area contributed by atoms with Gasteiger partial charge in [-0.3, -0.25) is 14.4 Å². The fraction of sp³-hybridized carbons (Fsp3) is 0.917. The van der Waals surface area contributed by atoms with Crippen LogP contribution in [0.15, 0.2) is 0 Å². The van der Waals surface area contributed by atoms with Crippen LogP contribution in [0.5, 0.6) is 0 Å². The molecule has 0 saturated carbocycles. The van der Waals surface area contributed by atoms with Crippen LogP contribution in [0.3, 0.4) is 0 Å². The van der Waals surface area contributed by atoms with Gasteiger partial charge in [-0.15, -0.1) is 0 Å². The number of carbonyl (C=O) groups is 3. The molecule has 3 saturated heterocycles. The van der Waals surface area contributed by atoms with E-state index >= 15 is 0 Å². The number of rotatable bonds is 20. The summed E-state index contributed by atoms with van der Waals surface area (Å²) in [5, 5.41) is 73.9. The third-order valence-corrected chi connectivity index (χ3v) is 9.84. The maximum absolute atomic E-state index is 13.4. The summed E-state index contributed by atoms with van der Waals surface area (Å²) >= 11 is 0. The Labute approximate surface area is 315 Å². The predicted octanol–water partition coefficient (Wildman–Crippen LogP) is -0.153. The number of carbonyl (C=O) groups excluding carboxylic acids is 3. The summed E-state index contributed by atoms with van der Waals surface area (Å²) in [5.74, 6) is -2.19. The summed E-state index contributed by atoms with van der Waals surface area (Å²) in [7, 11) is 0. The lowest BCUT2D eigenvalue weighted by molar-refractivity contribution is -0.379. The fourth-order valence-electron chi connectivity index (χ4n) is 6.78. The molecule has 18 heteroatoms. The van der Waals surface area contributed by atoms with Gasteiger partial charge in [-0.05, 0) is 33.1 Å². The van der Waals surface area contributed by atoms with E-state index in [0.29, 0.717) is 12.8 Å². The molecule has 18 nitrogen and oxygen atoms in total. The molecule has 54 heavy (non-hydrogen) atoms. The van der Waals surface area contributed by atoms with Crippen molar-refractivity contribution in [3.8, 4) is 0 Å². The van der Waals surface area contributed by atoms with Crippen LogP contribution in [0.4, 0.5) is 0 Å². The molecule has 0 aromatic carbocycles. The van der Waals surface area contributed by atoms with Gasteiger partial charge < -0.3 is 73.6 Å². The van der Waals surface area contributed by atoms with Crippen molar-refractivity contribution in [2.75, 3.05) is 6.61 Å². The molecular formula is C36H62O18. The highest BCUT2D eigenvalue weighted by Gasteiger charge is 2.55. The smallest absolute Gasteiger partial charge is 0.306 e. The first-order valence-corrected chi connectivity index (χ1v) is 19.1. The average Bonchev–Trinajstić information content (AvgIpc) is 3.10. The lowest BCUT2D eigenvalue weighted by Gasteiger charge is -2.48. The van der Waals surface area contributed by atoms with Gasteiger partial charge in [0.15, 0.2) is 31.1 Å². The number of aliphatic hydroxyl groups is 7. The maximum Gasteiger partial charge on any atom is 0.306 e. The molecule has 16 atom stereocenters. The zero-order valence-electron chi connectivity index (χ0n) is 31.8. The van der Waals surface area contributed by atoms with Crippen LogP contribution in [-0.4, -0.2) is 158 Å². The van der Waals surface area contributed by atoms with Crippen molar-refractivity contribution in [1.29, 1.82) is 0 Å². The van der Waals surface area contributed by atoms with Crippen molar-refractivity contribution in [2.45, 2.75) is 203 Å². The number of aliphatic hydroxyl groups excluding tert-OH is 7. The van der Waals surface area contributed by atoms with Gasteiger partial charge in [0.2, 0.25) is 0 Å². The average molecular weight is 783 g/mol. The molecule has 3 fully saturated rings. The van der Waals surface area contributed by atoms with Crippen LogP contribution >= 0.6 is 0 Å². The standard InChI is InChI=1S/C36H62O18/c1-6-14-22(39)15-12-10-8-7-9-11-13-16-24(40)52-33-32(54-35-29(45)27(43)25(41)18(2)48-35)30(50-21(5)38)19(3)49-36(33)53-31-28(44)26(42)23(51-34(31)46)17-47-20(4)37/h18-19,22-23,25-36,39,41-46H,6-17H2,1-5H3. The predicted molar refractivity (Wildman–Crippen MR) is 184 cm³/mol. The number of unbranched alkanes of at least 4 members (excludes halogenated alkanes) is 6. The van der Waals surface area contributed by atoms with Crippen molar-refractivity contribution >= 4 is 17.9 Å². The summed E-state index contributed by atoms with van der Waals surface area (Å²) in [5.41, 5.74) is 0. The molecule has 0 spiro atoms. The topological polar surface area (TPSA) is 267 Å². The normalized spacial score (nSPS) is 37.7. The molecule has 0 aromatic heterocycles. The molecular weight excluding hydrogens is 720 g/mol. The van der Waals surface area contributed by atoms with E-state index in [1.54, 1.807) is 0 Å². The highest BCUT2D eigenvalue weighted by atomic mass is 16.8. The Morgan fingerprint density at radius 2 is 1.22 bits per heavy atom. The molecule has 0 amide bonds. The lowest BCUT2D eigenvalue weighted by Crippen LogP contribution is -2.66. The lowest BCUT2D eigenvalue weighted by atomic mass is 9.96. The minimum absolute atomic E-state index is 0.0498. The first-order valence-electron chi connectivity index (χ1n) is 19.1. The Morgan fingerprint density at radius 3 is 1.85 bits per heavy atom. The molecule has 0 bridgehead atoms. The van der Waals surface area contributed by atoms with Gasteiger partial charge in [0.1, 0.15) is 55.4 Å². The number of hydrogen-bond donors (Lipinski definition) is 7. The van der Waals surface area contributed by atoms with Crippen molar-refractivity contribution in [3.63, 3.8) is 0 Å². The van der Waals surface area contributed by atoms with Gasteiger partial charge in [0, 0.05) is 20.3 Å². The van der Waals surface area contributed by atoms with Crippen LogP contribution in [0.25, 0.3) is 0 Å². The minimum Gasteiger partial charge on any atom is -0.463 e. The number of hydrogen-bond acceptors (Lipinski definition) is 18. The van der Waals surface area contributed by atoms with Gasteiger partial charge in [0.25, 0.3) is 0 Å². The van der Waals surface area contributed by atoms with E-state index in [1.807, 2.05) is 6.92 Å². The van der Waals surface area contributed by atoms with Gasteiger partial charge in [0.05, 0.1) is 18.3 Å². The summed E-state index contributed by atoms with van der Waals surface area (Å²) in [6, 6.07) is 0. The molecule has 0 aliphatic carbocycles. The van der Waals surface area contributed by atoms with Gasteiger partial charge >= 0.3 is 17.9 Å². The molecule has 3 heterocycles. The van der Waals surface area contributed by atoms with E-state index in [0.717, 1.165) is 65.2 Å². The van der Waals surface area contributed by atoms with Gasteiger partial charge in [-0.1, -0.05) is 51.9 Å². The zero-order valence-corrected chi connectivity index (χ0v) is 31.8. The molecule has 3 rings (SSSR count). The summed E-state index contributed by atoms with van der Waals surface area (Å²) in [4.78, 5) is 36.9. The second-order valence-electron chi connectivity index (χ2n) is 14.4. The molecule has 16 unspecified atom stereocenters. The minimum atomic E-state index is -1.91. The highest BCUT2D eigenvalue weighted by Crippen LogP contribution is 2.35. The van der Waals surface area contributed by atoms with Crippen LogP contribution in [0.2, 0.25) is 0 Å². The molecule has 3 aliphatic rings. The van der Waals surface area contributed by atoms with E-state index in [1.165, 1.54) is 13.8 Å². The Hall–Kier alpha value is -2.07. The first-order chi connectivity index (χ1) is 25.5. The molecule has 314 valence electrons. The van der Waals surface area contributed by atoms with Crippen LogP contribution in [-0.2, 0) is 52.3 Å². The number of esters is 3. The molecule has 0 radical (unpaired) electrons. The van der Waals surface area contributed by atoms with E-state index in [4.69, 9.17) is 37.9 Å². The van der Waals surface area contributed by atoms with Crippen LogP contribution in [0, 0.1) is 0 Å².